The average Bonchev–Trinajstić information content (AvgIpc) is 3.47. The monoisotopic (exact) mass is 400 g/mol. The molecule has 0 aromatic carbocycles. The summed E-state index contributed by atoms with van der Waals surface area (Å²) in [6.45, 7) is 2.12. The highest BCUT2D eigenvalue weighted by molar-refractivity contribution is 5.92. The number of nitrogens with zero attached hydrogens (tertiary/aromatic N) is 4. The van der Waals surface area contributed by atoms with E-state index < -0.39 is 0 Å². The van der Waals surface area contributed by atoms with E-state index >= 15 is 0 Å². The lowest BCUT2D eigenvalue weighted by atomic mass is 9.68. The van der Waals surface area contributed by atoms with Gasteiger partial charge in [-0.1, -0.05) is 19.3 Å². The largest absolute Gasteiger partial charge is 0.366 e. The van der Waals surface area contributed by atoms with Gasteiger partial charge in [0, 0.05) is 38.6 Å². The second-order valence-corrected chi connectivity index (χ2v) is 9.41. The molecular weight excluding hydrogens is 368 g/mol. The van der Waals surface area contributed by atoms with E-state index in [1.807, 2.05) is 11.9 Å². The normalized spacial score (nSPS) is 27.3. The first kappa shape index (κ1) is 19.1. The zero-order valence-corrected chi connectivity index (χ0v) is 17.4. The van der Waals surface area contributed by atoms with Crippen LogP contribution in [0.4, 0.5) is 0 Å². The van der Waals surface area contributed by atoms with Crippen molar-refractivity contribution in [1.29, 1.82) is 0 Å². The Balaban J connectivity index is 1.25. The molecule has 2 saturated carbocycles. The molecule has 1 aromatic rings. The molecule has 1 aromatic heterocycles. The van der Waals surface area contributed by atoms with Crippen molar-refractivity contribution in [2.45, 2.75) is 75.5 Å². The molecule has 1 unspecified atom stereocenters. The van der Waals surface area contributed by atoms with Gasteiger partial charge in [-0.2, -0.15) is 0 Å². The number of likely N-dealkylation sites (tertiary alicyclic amines) is 2. The number of aryl methyl sites for hydroxylation is 1. The molecule has 2 aliphatic heterocycles. The summed E-state index contributed by atoms with van der Waals surface area (Å²) in [5, 5.41) is 0. The van der Waals surface area contributed by atoms with Gasteiger partial charge in [0.15, 0.2) is 11.9 Å². The molecule has 4 fully saturated rings. The number of amides is 2. The number of hydrogen-bond acceptors (Lipinski definition) is 4. The Kier molecular flexibility index (Phi) is 4.88. The highest BCUT2D eigenvalue weighted by Crippen LogP contribution is 2.48. The van der Waals surface area contributed by atoms with Crippen LogP contribution in [0.5, 0.6) is 0 Å². The Hall–Kier alpha value is -1.89. The van der Waals surface area contributed by atoms with Crippen LogP contribution in [0.3, 0.4) is 0 Å². The van der Waals surface area contributed by atoms with E-state index in [-0.39, 0.29) is 29.5 Å². The molecule has 3 heterocycles. The Morgan fingerprint density at radius 1 is 1.17 bits per heavy atom. The van der Waals surface area contributed by atoms with Crippen molar-refractivity contribution in [1.82, 2.24) is 19.4 Å². The van der Waals surface area contributed by atoms with Gasteiger partial charge in [0.1, 0.15) is 0 Å². The first-order chi connectivity index (χ1) is 14.1. The van der Waals surface area contributed by atoms with E-state index in [2.05, 4.69) is 9.88 Å². The predicted octanol–water partition coefficient (Wildman–Crippen LogP) is 2.36. The molecule has 1 atom stereocenters. The maximum atomic E-state index is 13.1. The van der Waals surface area contributed by atoms with E-state index in [9.17, 15) is 9.59 Å². The first-order valence-corrected chi connectivity index (χ1v) is 11.3. The summed E-state index contributed by atoms with van der Waals surface area (Å²) in [7, 11) is 1.85. The molecule has 7 heteroatoms. The topological polar surface area (TPSA) is 67.7 Å². The van der Waals surface area contributed by atoms with Crippen LogP contribution in [0.2, 0.25) is 0 Å². The Bertz CT molecular complexity index is 773. The maximum absolute atomic E-state index is 13.1. The van der Waals surface area contributed by atoms with Crippen molar-refractivity contribution in [3.05, 3.63) is 18.2 Å². The first-order valence-electron chi connectivity index (χ1n) is 11.3. The number of carbonyl (C=O) groups excluding carboxylic acids is 2. The van der Waals surface area contributed by atoms with E-state index in [1.54, 1.807) is 17.0 Å². The van der Waals surface area contributed by atoms with Crippen molar-refractivity contribution < 1.29 is 14.3 Å². The third-order valence-electron chi connectivity index (χ3n) is 7.47. The lowest BCUT2D eigenvalue weighted by Crippen LogP contribution is -2.78. The number of imidazole rings is 1. The van der Waals surface area contributed by atoms with Gasteiger partial charge in [-0.15, -0.1) is 0 Å². The summed E-state index contributed by atoms with van der Waals surface area (Å²) < 4.78 is 7.95. The average molecular weight is 401 g/mol. The van der Waals surface area contributed by atoms with Crippen LogP contribution in [0.25, 0.3) is 0 Å². The number of hydrogen-bond donors (Lipinski definition) is 0. The van der Waals surface area contributed by atoms with E-state index in [0.29, 0.717) is 24.8 Å². The van der Waals surface area contributed by atoms with Crippen LogP contribution in [0, 0.1) is 5.92 Å². The van der Waals surface area contributed by atoms with Crippen LogP contribution in [0.1, 0.15) is 68.4 Å². The molecule has 0 radical (unpaired) electrons. The van der Waals surface area contributed by atoms with Crippen molar-refractivity contribution in [2.24, 2.45) is 13.0 Å². The van der Waals surface area contributed by atoms with Gasteiger partial charge in [-0.05, 0) is 44.4 Å². The molecule has 2 saturated heterocycles. The van der Waals surface area contributed by atoms with Gasteiger partial charge in [0.2, 0.25) is 0 Å². The van der Waals surface area contributed by atoms with E-state index in [0.717, 1.165) is 32.3 Å². The highest BCUT2D eigenvalue weighted by atomic mass is 16.5. The third-order valence-corrected chi connectivity index (χ3v) is 7.47. The Labute approximate surface area is 172 Å². The molecule has 2 aliphatic carbocycles. The number of rotatable bonds is 5. The van der Waals surface area contributed by atoms with Crippen LogP contribution >= 0.6 is 0 Å². The third kappa shape index (κ3) is 3.27. The lowest BCUT2D eigenvalue weighted by molar-refractivity contribution is -0.211. The van der Waals surface area contributed by atoms with Gasteiger partial charge in [-0.3, -0.25) is 9.59 Å². The van der Waals surface area contributed by atoms with Gasteiger partial charge in [0.25, 0.3) is 11.8 Å². The van der Waals surface area contributed by atoms with Gasteiger partial charge < -0.3 is 19.1 Å². The number of piperidine rings is 1. The number of β-lactam (4-membered cyclic amide) rings is 1. The minimum atomic E-state index is -0.226. The van der Waals surface area contributed by atoms with Crippen molar-refractivity contribution >= 4 is 11.8 Å². The fourth-order valence-electron chi connectivity index (χ4n) is 5.63. The van der Waals surface area contributed by atoms with Crippen LogP contribution < -0.4 is 0 Å². The fourth-order valence-corrected chi connectivity index (χ4v) is 5.63. The number of aromatic nitrogens is 2. The van der Waals surface area contributed by atoms with Crippen molar-refractivity contribution in [3.63, 3.8) is 0 Å². The molecule has 29 heavy (non-hydrogen) atoms. The quantitative estimate of drug-likeness (QED) is 0.712. The summed E-state index contributed by atoms with van der Waals surface area (Å²) in [6, 6.07) is 0.229. The number of ether oxygens (including phenoxy) is 1. The highest BCUT2D eigenvalue weighted by Gasteiger charge is 2.62. The molecule has 1 spiro atoms. The lowest BCUT2D eigenvalue weighted by Gasteiger charge is -2.62. The molecule has 2 amide bonds. The summed E-state index contributed by atoms with van der Waals surface area (Å²) in [4.78, 5) is 34.1. The Morgan fingerprint density at radius 3 is 2.52 bits per heavy atom. The molecule has 158 valence electrons. The van der Waals surface area contributed by atoms with Crippen molar-refractivity contribution in [3.8, 4) is 0 Å². The minimum Gasteiger partial charge on any atom is -0.366 e. The van der Waals surface area contributed by atoms with Gasteiger partial charge in [0.05, 0.1) is 12.1 Å². The molecule has 5 rings (SSSR count). The van der Waals surface area contributed by atoms with E-state index in [4.69, 9.17) is 4.74 Å². The Morgan fingerprint density at radius 2 is 1.90 bits per heavy atom. The fraction of sp³-hybridized carbons (Fsp3) is 0.773. The van der Waals surface area contributed by atoms with Gasteiger partial charge >= 0.3 is 0 Å². The minimum absolute atomic E-state index is 0.0103. The SMILES string of the molecule is Cn1ccnc1C(=O)N1CCC(N2C(=O)C(OCC3CC3)C23CCCCC3)CC1. The zero-order valence-electron chi connectivity index (χ0n) is 17.4. The molecule has 7 nitrogen and oxygen atoms in total. The van der Waals surface area contributed by atoms with Crippen LogP contribution in [-0.2, 0) is 16.6 Å². The second-order valence-electron chi connectivity index (χ2n) is 9.41. The molecular formula is C22H32N4O3. The molecule has 0 bridgehead atoms. The van der Waals surface area contributed by atoms with Crippen LogP contribution in [-0.4, -0.2) is 68.5 Å². The van der Waals surface area contributed by atoms with E-state index in [1.165, 1.54) is 32.1 Å². The molecule has 0 N–H and O–H groups in total. The predicted molar refractivity (Wildman–Crippen MR) is 107 cm³/mol. The zero-order chi connectivity index (χ0) is 20.0. The number of carbonyl (C=O) groups is 2. The summed E-state index contributed by atoms with van der Waals surface area (Å²) in [6.07, 6.45) is 13.2. The standard InChI is InChI=1S/C22H32N4O3/c1-24-14-11-23-19(24)21(28)25-12-7-17(8-13-25)26-20(27)18(29-15-16-5-6-16)22(26)9-3-2-4-10-22/h11,14,16-18H,2-10,12-13,15H2,1H3. The maximum Gasteiger partial charge on any atom is 0.289 e. The van der Waals surface area contributed by atoms with Crippen molar-refractivity contribution in [2.75, 3.05) is 19.7 Å². The summed E-state index contributed by atoms with van der Waals surface area (Å²) >= 11 is 0. The molecule has 4 aliphatic rings. The van der Waals surface area contributed by atoms with Crippen LogP contribution in [0.15, 0.2) is 12.4 Å². The second kappa shape index (κ2) is 7.42. The summed E-state index contributed by atoms with van der Waals surface area (Å²) in [5.74, 6) is 1.35. The van der Waals surface area contributed by atoms with Gasteiger partial charge in [-0.25, -0.2) is 4.98 Å². The smallest absolute Gasteiger partial charge is 0.289 e. The summed E-state index contributed by atoms with van der Waals surface area (Å²) in [5.41, 5.74) is -0.0826.